The molecule has 2 nitrogen and oxygen atoms in total. The maximum absolute atomic E-state index is 4.59. The molecular formula is C19H20N2S2. The van der Waals surface area contributed by atoms with Gasteiger partial charge in [0.25, 0.3) is 0 Å². The smallest absolute Gasteiger partial charge is 0.128 e. The molecule has 1 aliphatic carbocycles. The first kappa shape index (κ1) is 15.2. The van der Waals surface area contributed by atoms with Crippen LogP contribution in [0.15, 0.2) is 41.7 Å². The number of fused-ring (bicyclic) bond motifs is 3. The lowest BCUT2D eigenvalue weighted by Crippen LogP contribution is -1.99. The third-order valence-corrected chi connectivity index (χ3v) is 6.68. The maximum Gasteiger partial charge on any atom is 0.128 e. The third kappa shape index (κ3) is 3.29. The summed E-state index contributed by atoms with van der Waals surface area (Å²) in [4.78, 5) is 11.9. The van der Waals surface area contributed by atoms with Crippen molar-refractivity contribution in [3.8, 4) is 0 Å². The lowest BCUT2D eigenvalue weighted by molar-refractivity contribution is 0.699. The highest BCUT2D eigenvalue weighted by Crippen LogP contribution is 2.39. The summed E-state index contributed by atoms with van der Waals surface area (Å²) < 4.78 is 0. The van der Waals surface area contributed by atoms with Gasteiger partial charge in [0, 0.05) is 10.3 Å². The van der Waals surface area contributed by atoms with Crippen LogP contribution in [0.5, 0.6) is 0 Å². The van der Waals surface area contributed by atoms with Crippen molar-refractivity contribution in [1.82, 2.24) is 9.97 Å². The maximum atomic E-state index is 4.59. The predicted molar refractivity (Wildman–Crippen MR) is 99.5 cm³/mol. The van der Waals surface area contributed by atoms with E-state index in [1.807, 2.05) is 23.1 Å². The van der Waals surface area contributed by atoms with E-state index in [2.05, 4.69) is 40.3 Å². The molecule has 0 unspecified atom stereocenters. The summed E-state index contributed by atoms with van der Waals surface area (Å²) in [5, 5.41) is 2.55. The van der Waals surface area contributed by atoms with Gasteiger partial charge in [-0.25, -0.2) is 9.97 Å². The summed E-state index contributed by atoms with van der Waals surface area (Å²) in [5.41, 5.74) is 2.97. The van der Waals surface area contributed by atoms with Crippen molar-refractivity contribution >= 4 is 33.3 Å². The fraction of sp³-hybridized carbons (Fsp3) is 0.368. The van der Waals surface area contributed by atoms with Crippen LogP contribution in [-0.2, 0) is 19.3 Å². The fourth-order valence-corrected chi connectivity index (χ4v) is 5.52. The first-order valence-electron chi connectivity index (χ1n) is 8.34. The van der Waals surface area contributed by atoms with Crippen LogP contribution in [0.4, 0.5) is 0 Å². The molecule has 4 heteroatoms. The second kappa shape index (κ2) is 7.02. The van der Waals surface area contributed by atoms with E-state index in [1.165, 1.54) is 52.9 Å². The quantitative estimate of drug-likeness (QED) is 0.358. The summed E-state index contributed by atoms with van der Waals surface area (Å²) in [6.45, 7) is 0. The predicted octanol–water partition coefficient (Wildman–Crippen LogP) is 5.30. The van der Waals surface area contributed by atoms with Crippen molar-refractivity contribution in [2.75, 3.05) is 5.75 Å². The molecule has 0 N–H and O–H groups in total. The van der Waals surface area contributed by atoms with Crippen molar-refractivity contribution < 1.29 is 0 Å². The van der Waals surface area contributed by atoms with Crippen LogP contribution in [0.1, 0.15) is 35.3 Å². The Labute approximate surface area is 145 Å². The van der Waals surface area contributed by atoms with Gasteiger partial charge < -0.3 is 0 Å². The molecule has 0 bridgehead atoms. The van der Waals surface area contributed by atoms with E-state index >= 15 is 0 Å². The van der Waals surface area contributed by atoms with Crippen LogP contribution in [-0.4, -0.2) is 15.7 Å². The summed E-state index contributed by atoms with van der Waals surface area (Å²) >= 11 is 3.79. The van der Waals surface area contributed by atoms with E-state index in [4.69, 9.17) is 0 Å². The number of aryl methyl sites for hydroxylation is 3. The first-order chi connectivity index (χ1) is 11.4. The Balaban J connectivity index is 1.47. The van der Waals surface area contributed by atoms with Crippen LogP contribution in [0.25, 0.3) is 10.2 Å². The van der Waals surface area contributed by atoms with Crippen LogP contribution in [0, 0.1) is 0 Å². The van der Waals surface area contributed by atoms with E-state index in [9.17, 15) is 0 Å². The largest absolute Gasteiger partial charge is 0.229 e. The number of hydrogen-bond donors (Lipinski definition) is 0. The van der Waals surface area contributed by atoms with Gasteiger partial charge in [-0.05, 0) is 55.4 Å². The Bertz CT molecular complexity index is 796. The molecule has 2 aromatic heterocycles. The zero-order valence-corrected chi connectivity index (χ0v) is 14.8. The van der Waals surface area contributed by atoms with E-state index in [1.54, 1.807) is 16.8 Å². The highest BCUT2D eigenvalue weighted by molar-refractivity contribution is 7.99. The summed E-state index contributed by atoms with van der Waals surface area (Å²) in [6, 6.07) is 10.7. The monoisotopic (exact) mass is 340 g/mol. The highest BCUT2D eigenvalue weighted by Gasteiger charge is 2.19. The Morgan fingerprint density at radius 2 is 1.91 bits per heavy atom. The van der Waals surface area contributed by atoms with Crippen molar-refractivity contribution in [1.29, 1.82) is 0 Å². The van der Waals surface area contributed by atoms with Crippen LogP contribution >= 0.6 is 23.1 Å². The Morgan fingerprint density at radius 3 is 2.83 bits per heavy atom. The molecule has 118 valence electrons. The average Bonchev–Trinajstić information content (AvgIpc) is 2.99. The number of thiophene rings is 1. The molecule has 3 aromatic rings. The average molecular weight is 341 g/mol. The minimum absolute atomic E-state index is 1.12. The van der Waals surface area contributed by atoms with Crippen LogP contribution < -0.4 is 0 Å². The standard InChI is InChI=1S/C19H20N2S2/c1-2-7-14(8-3-1)9-6-12-22-18-17-15-10-4-5-11-16(15)23-19(17)21-13-20-18/h1-3,7-8,13H,4-6,9-12H2. The molecule has 0 radical (unpaired) electrons. The van der Waals surface area contributed by atoms with Gasteiger partial charge in [-0.2, -0.15) is 0 Å². The number of hydrogen-bond acceptors (Lipinski definition) is 4. The number of rotatable bonds is 5. The van der Waals surface area contributed by atoms with Gasteiger partial charge in [0.2, 0.25) is 0 Å². The Hall–Kier alpha value is -1.39. The summed E-state index contributed by atoms with van der Waals surface area (Å²) in [7, 11) is 0. The first-order valence-corrected chi connectivity index (χ1v) is 10.1. The molecule has 0 spiro atoms. The van der Waals surface area contributed by atoms with E-state index in [-0.39, 0.29) is 0 Å². The number of thioether (sulfide) groups is 1. The Kier molecular flexibility index (Phi) is 4.62. The van der Waals surface area contributed by atoms with E-state index in [0.717, 1.165) is 12.2 Å². The van der Waals surface area contributed by atoms with Gasteiger partial charge in [-0.15, -0.1) is 23.1 Å². The van der Waals surface area contributed by atoms with Gasteiger partial charge in [-0.3, -0.25) is 0 Å². The molecule has 0 aliphatic heterocycles. The molecule has 0 fully saturated rings. The highest BCUT2D eigenvalue weighted by atomic mass is 32.2. The van der Waals surface area contributed by atoms with Crippen molar-refractivity contribution in [3.63, 3.8) is 0 Å². The fourth-order valence-electron chi connectivity index (χ4n) is 3.26. The number of aromatic nitrogens is 2. The van der Waals surface area contributed by atoms with Crippen LogP contribution in [0.3, 0.4) is 0 Å². The van der Waals surface area contributed by atoms with Crippen molar-refractivity contribution in [2.45, 2.75) is 43.6 Å². The minimum Gasteiger partial charge on any atom is -0.229 e. The molecule has 2 heterocycles. The zero-order chi connectivity index (χ0) is 15.5. The lowest BCUT2D eigenvalue weighted by atomic mass is 9.97. The van der Waals surface area contributed by atoms with Crippen LogP contribution in [0.2, 0.25) is 0 Å². The second-order valence-corrected chi connectivity index (χ2v) is 8.17. The van der Waals surface area contributed by atoms with Gasteiger partial charge in [0.05, 0.1) is 0 Å². The van der Waals surface area contributed by atoms with Gasteiger partial charge in [0.1, 0.15) is 16.2 Å². The summed E-state index contributed by atoms with van der Waals surface area (Å²) in [6.07, 6.45) is 9.15. The molecule has 0 atom stereocenters. The molecule has 1 aliphatic rings. The van der Waals surface area contributed by atoms with E-state index in [0.29, 0.717) is 0 Å². The van der Waals surface area contributed by atoms with Crippen molar-refractivity contribution in [2.24, 2.45) is 0 Å². The molecule has 23 heavy (non-hydrogen) atoms. The normalized spacial score (nSPS) is 14.1. The molecular weight excluding hydrogens is 320 g/mol. The second-order valence-electron chi connectivity index (χ2n) is 6.01. The lowest BCUT2D eigenvalue weighted by Gasteiger charge is -2.11. The number of nitrogens with zero attached hydrogens (tertiary/aromatic N) is 2. The van der Waals surface area contributed by atoms with Crippen molar-refractivity contribution in [3.05, 3.63) is 52.7 Å². The molecule has 0 saturated carbocycles. The molecule has 1 aromatic carbocycles. The van der Waals surface area contributed by atoms with Gasteiger partial charge in [0.15, 0.2) is 0 Å². The van der Waals surface area contributed by atoms with E-state index < -0.39 is 0 Å². The SMILES string of the molecule is c1ccc(CCCSc2ncnc3sc4c(c23)CCCC4)cc1. The molecule has 0 saturated heterocycles. The van der Waals surface area contributed by atoms with Gasteiger partial charge in [-0.1, -0.05) is 30.3 Å². The van der Waals surface area contributed by atoms with Gasteiger partial charge >= 0.3 is 0 Å². The molecule has 4 rings (SSSR count). The zero-order valence-electron chi connectivity index (χ0n) is 13.1. The third-order valence-electron chi connectivity index (χ3n) is 4.41. The molecule has 0 amide bonds. The number of benzene rings is 1. The summed E-state index contributed by atoms with van der Waals surface area (Å²) in [5.74, 6) is 1.12. The topological polar surface area (TPSA) is 25.8 Å². The Morgan fingerprint density at radius 1 is 1.04 bits per heavy atom. The minimum atomic E-state index is 1.12.